The van der Waals surface area contributed by atoms with E-state index in [0.717, 1.165) is 19.0 Å². The third kappa shape index (κ3) is 2.80. The summed E-state index contributed by atoms with van der Waals surface area (Å²) < 4.78 is 0. The molecule has 1 fully saturated rings. The van der Waals surface area contributed by atoms with E-state index in [-0.39, 0.29) is 6.17 Å². The molecule has 82 valence electrons. The summed E-state index contributed by atoms with van der Waals surface area (Å²) >= 11 is 0. The van der Waals surface area contributed by atoms with Gasteiger partial charge in [0.1, 0.15) is 0 Å². The van der Waals surface area contributed by atoms with Crippen molar-refractivity contribution in [3.63, 3.8) is 0 Å². The first-order valence-corrected chi connectivity index (χ1v) is 5.86. The molecule has 0 saturated heterocycles. The average Bonchev–Trinajstić information content (AvgIpc) is 3.10. The molecule has 0 aliphatic heterocycles. The van der Waals surface area contributed by atoms with Crippen molar-refractivity contribution in [1.29, 1.82) is 0 Å². The SMILES string of the molecule is CC[C@@H](N)N(Cc1ccccc1)C1CC1. The quantitative estimate of drug-likeness (QED) is 0.746. The van der Waals surface area contributed by atoms with Crippen LogP contribution < -0.4 is 5.73 Å². The number of nitrogens with two attached hydrogens (primary N) is 1. The Morgan fingerprint density at radius 3 is 2.53 bits per heavy atom. The molecule has 1 aliphatic carbocycles. The summed E-state index contributed by atoms with van der Waals surface area (Å²) in [6.45, 7) is 3.16. The van der Waals surface area contributed by atoms with Gasteiger partial charge in [0.2, 0.25) is 0 Å². The zero-order chi connectivity index (χ0) is 10.7. The van der Waals surface area contributed by atoms with Gasteiger partial charge in [-0.05, 0) is 24.8 Å². The van der Waals surface area contributed by atoms with E-state index in [4.69, 9.17) is 5.73 Å². The Hall–Kier alpha value is -0.860. The zero-order valence-electron chi connectivity index (χ0n) is 9.39. The lowest BCUT2D eigenvalue weighted by Crippen LogP contribution is -2.42. The first-order valence-electron chi connectivity index (χ1n) is 5.86. The Labute approximate surface area is 92.1 Å². The van der Waals surface area contributed by atoms with Crippen molar-refractivity contribution in [2.24, 2.45) is 5.73 Å². The van der Waals surface area contributed by atoms with Gasteiger partial charge in [-0.3, -0.25) is 4.90 Å². The van der Waals surface area contributed by atoms with E-state index >= 15 is 0 Å². The molecule has 1 aromatic carbocycles. The Kier molecular flexibility index (Phi) is 3.39. The minimum atomic E-state index is 0.220. The van der Waals surface area contributed by atoms with Gasteiger partial charge >= 0.3 is 0 Å². The molecule has 1 saturated carbocycles. The van der Waals surface area contributed by atoms with E-state index in [0.29, 0.717) is 0 Å². The van der Waals surface area contributed by atoms with Crippen LogP contribution in [0.15, 0.2) is 30.3 Å². The molecule has 15 heavy (non-hydrogen) atoms. The second-order valence-corrected chi connectivity index (χ2v) is 4.36. The van der Waals surface area contributed by atoms with E-state index in [1.54, 1.807) is 0 Å². The molecule has 1 aliphatic rings. The number of nitrogens with zero attached hydrogens (tertiary/aromatic N) is 1. The largest absolute Gasteiger partial charge is 0.316 e. The van der Waals surface area contributed by atoms with Gasteiger partial charge in [0, 0.05) is 12.6 Å². The summed E-state index contributed by atoms with van der Waals surface area (Å²) in [6, 6.07) is 11.3. The minimum Gasteiger partial charge on any atom is -0.316 e. The van der Waals surface area contributed by atoms with E-state index in [1.165, 1.54) is 18.4 Å². The van der Waals surface area contributed by atoms with E-state index in [2.05, 4.69) is 42.2 Å². The average molecular weight is 204 g/mol. The third-order valence-electron chi connectivity index (χ3n) is 3.07. The Morgan fingerprint density at radius 1 is 1.33 bits per heavy atom. The van der Waals surface area contributed by atoms with Gasteiger partial charge < -0.3 is 5.73 Å². The maximum atomic E-state index is 6.13. The van der Waals surface area contributed by atoms with Crippen LogP contribution in [0.1, 0.15) is 31.7 Å². The number of hydrogen-bond acceptors (Lipinski definition) is 2. The first-order chi connectivity index (χ1) is 7.31. The van der Waals surface area contributed by atoms with Gasteiger partial charge in [-0.1, -0.05) is 37.3 Å². The van der Waals surface area contributed by atoms with Gasteiger partial charge in [-0.15, -0.1) is 0 Å². The molecule has 1 aromatic rings. The molecule has 0 bridgehead atoms. The monoisotopic (exact) mass is 204 g/mol. The van der Waals surface area contributed by atoms with E-state index < -0.39 is 0 Å². The van der Waals surface area contributed by atoms with Gasteiger partial charge in [0.25, 0.3) is 0 Å². The van der Waals surface area contributed by atoms with Crippen molar-refractivity contribution < 1.29 is 0 Å². The van der Waals surface area contributed by atoms with Crippen LogP contribution in [0, 0.1) is 0 Å². The highest BCUT2D eigenvalue weighted by Gasteiger charge is 2.31. The van der Waals surface area contributed by atoms with Gasteiger partial charge in [0.05, 0.1) is 6.17 Å². The van der Waals surface area contributed by atoms with Crippen molar-refractivity contribution in [3.05, 3.63) is 35.9 Å². The molecule has 0 spiro atoms. The first kappa shape index (κ1) is 10.7. The van der Waals surface area contributed by atoms with Crippen molar-refractivity contribution in [2.75, 3.05) is 0 Å². The summed E-state index contributed by atoms with van der Waals surface area (Å²) in [5, 5.41) is 0. The predicted molar refractivity (Wildman–Crippen MR) is 63.3 cm³/mol. The summed E-state index contributed by atoms with van der Waals surface area (Å²) in [5.74, 6) is 0. The molecule has 0 radical (unpaired) electrons. The van der Waals surface area contributed by atoms with Crippen molar-refractivity contribution in [2.45, 2.75) is 44.9 Å². The van der Waals surface area contributed by atoms with Crippen LogP contribution in [0.4, 0.5) is 0 Å². The molecule has 2 nitrogen and oxygen atoms in total. The zero-order valence-corrected chi connectivity index (χ0v) is 9.39. The lowest BCUT2D eigenvalue weighted by molar-refractivity contribution is 0.176. The topological polar surface area (TPSA) is 29.3 Å². The van der Waals surface area contributed by atoms with Gasteiger partial charge in [-0.25, -0.2) is 0 Å². The van der Waals surface area contributed by atoms with Crippen LogP contribution in [0.2, 0.25) is 0 Å². The molecular formula is C13H20N2. The second kappa shape index (κ2) is 4.77. The van der Waals surface area contributed by atoms with Gasteiger partial charge in [-0.2, -0.15) is 0 Å². The Morgan fingerprint density at radius 2 is 2.00 bits per heavy atom. The molecule has 1 atom stereocenters. The van der Waals surface area contributed by atoms with Crippen LogP contribution in [-0.2, 0) is 6.54 Å². The fourth-order valence-corrected chi connectivity index (χ4v) is 1.95. The summed E-state index contributed by atoms with van der Waals surface area (Å²) in [4.78, 5) is 2.44. The second-order valence-electron chi connectivity index (χ2n) is 4.36. The molecule has 0 amide bonds. The van der Waals surface area contributed by atoms with Crippen molar-refractivity contribution >= 4 is 0 Å². The Bertz CT molecular complexity index is 293. The Balaban J connectivity index is 2.00. The smallest absolute Gasteiger partial charge is 0.0574 e. The molecular weight excluding hydrogens is 184 g/mol. The van der Waals surface area contributed by atoms with Gasteiger partial charge in [0.15, 0.2) is 0 Å². The van der Waals surface area contributed by atoms with Crippen LogP contribution in [0.3, 0.4) is 0 Å². The van der Waals surface area contributed by atoms with Crippen LogP contribution in [0.25, 0.3) is 0 Å². The number of hydrogen-bond donors (Lipinski definition) is 1. The highest BCUT2D eigenvalue weighted by Crippen LogP contribution is 2.29. The summed E-state index contributed by atoms with van der Waals surface area (Å²) in [7, 11) is 0. The summed E-state index contributed by atoms with van der Waals surface area (Å²) in [5.41, 5.74) is 7.50. The maximum absolute atomic E-state index is 6.13. The number of rotatable bonds is 5. The molecule has 2 heteroatoms. The normalized spacial score (nSPS) is 18.1. The molecule has 0 heterocycles. The molecule has 0 aromatic heterocycles. The predicted octanol–water partition coefficient (Wildman–Crippen LogP) is 2.35. The van der Waals surface area contributed by atoms with Crippen LogP contribution in [0.5, 0.6) is 0 Å². The lowest BCUT2D eigenvalue weighted by Gasteiger charge is -2.28. The lowest BCUT2D eigenvalue weighted by atomic mass is 10.2. The highest BCUT2D eigenvalue weighted by molar-refractivity contribution is 5.15. The van der Waals surface area contributed by atoms with Crippen molar-refractivity contribution in [3.8, 4) is 0 Å². The standard InChI is InChI=1S/C13H20N2/c1-2-13(14)15(12-8-9-12)10-11-6-4-3-5-7-11/h3-7,12-13H,2,8-10,14H2,1H3/t13-/m0/s1. The molecule has 0 unspecified atom stereocenters. The third-order valence-corrected chi connectivity index (χ3v) is 3.07. The minimum absolute atomic E-state index is 0.220. The van der Waals surface area contributed by atoms with Crippen LogP contribution >= 0.6 is 0 Å². The molecule has 2 N–H and O–H groups in total. The molecule has 2 rings (SSSR count). The highest BCUT2D eigenvalue weighted by atomic mass is 15.3. The number of benzene rings is 1. The van der Waals surface area contributed by atoms with Crippen LogP contribution in [-0.4, -0.2) is 17.1 Å². The summed E-state index contributed by atoms with van der Waals surface area (Å²) in [6.07, 6.45) is 3.89. The maximum Gasteiger partial charge on any atom is 0.0574 e. The fourth-order valence-electron chi connectivity index (χ4n) is 1.95. The van der Waals surface area contributed by atoms with E-state index in [9.17, 15) is 0 Å². The van der Waals surface area contributed by atoms with E-state index in [1.807, 2.05) is 0 Å². The van der Waals surface area contributed by atoms with Crippen molar-refractivity contribution in [1.82, 2.24) is 4.90 Å². The fraction of sp³-hybridized carbons (Fsp3) is 0.538.